The van der Waals surface area contributed by atoms with Crippen molar-refractivity contribution < 1.29 is 0 Å². The molecule has 22 aromatic rings. The van der Waals surface area contributed by atoms with Crippen molar-refractivity contribution in [1.29, 1.82) is 0 Å². The highest BCUT2D eigenvalue weighted by molar-refractivity contribution is 7.00. The van der Waals surface area contributed by atoms with E-state index in [2.05, 4.69) is 480 Å². The molecule has 0 N–H and O–H groups in total. The Labute approximate surface area is 783 Å². The van der Waals surface area contributed by atoms with Crippen molar-refractivity contribution in [1.82, 2.24) is 9.13 Å². The molecule has 24 rings (SSSR count). The van der Waals surface area contributed by atoms with Crippen molar-refractivity contribution >= 4 is 165 Å². The lowest BCUT2D eigenvalue weighted by Gasteiger charge is -2.47. The highest BCUT2D eigenvalue weighted by Gasteiger charge is 2.48. The van der Waals surface area contributed by atoms with Gasteiger partial charge in [0.05, 0.1) is 33.4 Å². The summed E-state index contributed by atoms with van der Waals surface area (Å²) in [5, 5.41) is 21.2. The van der Waals surface area contributed by atoms with E-state index in [4.69, 9.17) is 0 Å². The second kappa shape index (κ2) is 28.4. The average Bonchev–Trinajstić information content (AvgIpc) is 1.60. The van der Waals surface area contributed by atoms with Gasteiger partial charge in [-0.2, -0.15) is 0 Å². The molecule has 0 amide bonds. The maximum absolute atomic E-state index is 2.82. The van der Waals surface area contributed by atoms with Crippen LogP contribution in [0.5, 0.6) is 0 Å². The monoisotopic (exact) mass is 1720 g/mol. The molecular weight excluding hydrogens is 1600 g/mol. The number of hydrogen-bond donors (Lipinski definition) is 0. The van der Waals surface area contributed by atoms with Gasteiger partial charge in [-0.3, -0.25) is 0 Å². The Morgan fingerprint density at radius 2 is 0.459 bits per heavy atom. The predicted octanol–water partition coefficient (Wildman–Crippen LogP) is 34.1. The number of hydrogen-bond acceptors (Lipinski definition) is 2. The number of nitrogens with zero attached hydrogens (tertiary/aromatic N) is 4. The molecule has 0 atom stereocenters. The van der Waals surface area contributed by atoms with Crippen LogP contribution in [0.25, 0.3) is 175 Å². The normalized spacial score (nSPS) is 13.7. The summed E-state index contributed by atoms with van der Waals surface area (Å²) in [6.45, 7) is 50.3. The van der Waals surface area contributed by atoms with E-state index in [9.17, 15) is 0 Å². The van der Waals surface area contributed by atoms with Crippen molar-refractivity contribution in [3.8, 4) is 67.0 Å². The molecule has 20 aromatic carbocycles. The van der Waals surface area contributed by atoms with Gasteiger partial charge < -0.3 is 18.9 Å². The lowest BCUT2D eigenvalue weighted by Crippen LogP contribution is -2.61. The molecule has 4 heterocycles. The van der Waals surface area contributed by atoms with Crippen molar-refractivity contribution in [2.24, 2.45) is 0 Å². The summed E-state index contributed by atoms with van der Waals surface area (Å²) in [7, 11) is 0. The van der Waals surface area contributed by atoms with Crippen LogP contribution in [-0.2, 0) is 37.9 Å². The van der Waals surface area contributed by atoms with Crippen molar-refractivity contribution in [3.63, 3.8) is 0 Å². The summed E-state index contributed by atoms with van der Waals surface area (Å²) in [5.41, 5.74) is 36.7. The van der Waals surface area contributed by atoms with E-state index in [1.54, 1.807) is 0 Å². The Morgan fingerprint density at radius 1 is 0.195 bits per heavy atom. The largest absolute Gasteiger partial charge is 0.310 e. The van der Waals surface area contributed by atoms with Gasteiger partial charge in [0.25, 0.3) is 6.71 Å². The highest BCUT2D eigenvalue weighted by Crippen LogP contribution is 2.60. The predicted molar refractivity (Wildman–Crippen MR) is 577 cm³/mol. The third-order valence-electron chi connectivity index (χ3n) is 30.2. The van der Waals surface area contributed by atoms with Gasteiger partial charge in [0, 0.05) is 77.9 Å². The van der Waals surface area contributed by atoms with E-state index in [0.29, 0.717) is 0 Å². The van der Waals surface area contributed by atoms with Crippen LogP contribution in [0.4, 0.5) is 34.1 Å². The minimum absolute atomic E-state index is 0.209. The van der Waals surface area contributed by atoms with E-state index in [0.717, 1.165) is 78.9 Å². The van der Waals surface area contributed by atoms with E-state index in [1.807, 2.05) is 0 Å². The number of anilines is 6. The molecule has 2 aromatic heterocycles. The van der Waals surface area contributed by atoms with Gasteiger partial charge in [0.2, 0.25) is 0 Å². The van der Waals surface area contributed by atoms with Crippen molar-refractivity contribution in [3.05, 3.63) is 354 Å². The number of aromatic nitrogens is 2. The molecule has 0 aliphatic carbocycles. The van der Waals surface area contributed by atoms with Gasteiger partial charge in [-0.1, -0.05) is 370 Å². The highest BCUT2D eigenvalue weighted by atomic mass is 15.2. The SMILES string of the molecule is CC(C)(C)c1cc(-c2ccccc2)c(N2c3cc(-n4c5cc(C(C)(C)C)c6cccc7c8cccc9c(C(C)(C)C)cc4c(c98)c5c67)ccc3B3c4ccc(-n5c6cc(C(C)(C)C)c7cccc8c9cccc%10c(C(C)(C)C)cc5c(c%109)c6c78)cc4N(c4c(-c5ccccc5)cc(C(C)(C)C)cc4-c4cccc(-c5ccccc5)c4)c4cc(C(C)(C)C)cc2c43)c(-c2ccccc2)c1. The summed E-state index contributed by atoms with van der Waals surface area (Å²) in [6, 6.07) is 125. The van der Waals surface area contributed by atoms with Crippen LogP contribution in [-0.4, -0.2) is 15.8 Å². The summed E-state index contributed by atoms with van der Waals surface area (Å²) < 4.78 is 5.44. The summed E-state index contributed by atoms with van der Waals surface area (Å²) in [4.78, 5) is 5.64. The Bertz CT molecular complexity index is 8260. The van der Waals surface area contributed by atoms with Gasteiger partial charge >= 0.3 is 0 Å². The molecule has 2 aliphatic rings. The maximum Gasteiger partial charge on any atom is 0.252 e. The molecule has 0 saturated heterocycles. The van der Waals surface area contributed by atoms with Crippen LogP contribution in [0.2, 0.25) is 0 Å². The first kappa shape index (κ1) is 82.4. The zero-order valence-electron chi connectivity index (χ0n) is 80.9. The molecule has 4 nitrogen and oxygen atoms in total. The van der Waals surface area contributed by atoms with Gasteiger partial charge in [0.1, 0.15) is 0 Å². The first-order valence-corrected chi connectivity index (χ1v) is 48.2. The van der Waals surface area contributed by atoms with Gasteiger partial charge in [0.15, 0.2) is 0 Å². The van der Waals surface area contributed by atoms with Crippen LogP contribution in [0.1, 0.15) is 184 Å². The zero-order chi connectivity index (χ0) is 91.9. The quantitative estimate of drug-likeness (QED) is 0.0813. The molecule has 0 spiro atoms. The smallest absolute Gasteiger partial charge is 0.252 e. The van der Waals surface area contributed by atoms with Crippen LogP contribution in [0, 0.1) is 0 Å². The van der Waals surface area contributed by atoms with Crippen LogP contribution in [0.15, 0.2) is 315 Å². The van der Waals surface area contributed by atoms with Crippen LogP contribution in [0.3, 0.4) is 0 Å². The van der Waals surface area contributed by atoms with Crippen molar-refractivity contribution in [2.45, 2.75) is 183 Å². The number of benzene rings is 20. The van der Waals surface area contributed by atoms with Gasteiger partial charge in [-0.05, 0) is 282 Å². The fourth-order valence-electron chi connectivity index (χ4n) is 23.8. The Kier molecular flexibility index (Phi) is 17.6. The summed E-state index contributed by atoms with van der Waals surface area (Å²) >= 11 is 0. The minimum atomic E-state index is -0.406. The molecule has 133 heavy (non-hydrogen) atoms. The third-order valence-corrected chi connectivity index (χ3v) is 30.2. The first-order valence-electron chi connectivity index (χ1n) is 48.2. The zero-order valence-corrected chi connectivity index (χ0v) is 80.9. The third kappa shape index (κ3) is 12.3. The standard InChI is InChI=1S/C128H115BN4/c1-122(2,3)80-62-93(75-41-28-23-29-42-75)120(94(63-80)76-43-30-24-31-44-76)132-103-68-83(130-105-70-97(125(10,11)12)89-53-35-49-85-86-50-36-54-90-98(126(13,14)15)71-106(130)116(112(86)90)115(105)111(85)89)57-59-101(103)129-102-60-58-84(131-107-72-99(127(16,17)18)91-55-37-51-87-88-52-38-56-92-100(128(19,20)21)73-108(131)118(114(88)92)117(107)113(87)91)69-104(102)133(110-67-82(124(7,8)9)66-109(132)119(110)129)121-95(77-45-32-25-33-46-77)64-81(123(4,5)6)65-96(121)79-48-34-47-78(61-79)74-39-26-22-27-40-74/h22-73H,1-21H3. The molecule has 2 aliphatic heterocycles. The number of fused-ring (bicyclic) bond motifs is 6. The van der Waals surface area contributed by atoms with Crippen LogP contribution >= 0.6 is 0 Å². The van der Waals surface area contributed by atoms with Gasteiger partial charge in [-0.15, -0.1) is 0 Å². The maximum atomic E-state index is 2.82. The van der Waals surface area contributed by atoms with E-state index in [-0.39, 0.29) is 39.2 Å². The molecule has 0 radical (unpaired) electrons. The molecule has 0 fully saturated rings. The lowest BCUT2D eigenvalue weighted by molar-refractivity contribution is 0.590. The van der Waals surface area contributed by atoms with Crippen LogP contribution < -0.4 is 26.2 Å². The minimum Gasteiger partial charge on any atom is -0.310 e. The molecule has 5 heteroatoms. The molecular formula is C128H115BN4. The fourth-order valence-corrected chi connectivity index (χ4v) is 23.8. The van der Waals surface area contributed by atoms with E-state index in [1.165, 1.54) is 186 Å². The molecule has 0 bridgehead atoms. The summed E-state index contributed by atoms with van der Waals surface area (Å²) in [5.74, 6) is 0. The fraction of sp³-hybridized carbons (Fsp3) is 0.219. The van der Waals surface area contributed by atoms with E-state index >= 15 is 0 Å². The topological polar surface area (TPSA) is 16.3 Å². The Balaban J connectivity index is 0.904. The lowest BCUT2D eigenvalue weighted by atomic mass is 9.33. The Hall–Kier alpha value is -13.7. The van der Waals surface area contributed by atoms with E-state index < -0.39 is 5.41 Å². The second-order valence-corrected chi connectivity index (χ2v) is 46.0. The molecule has 0 unspecified atom stereocenters. The molecule has 650 valence electrons. The average molecular weight is 1720 g/mol. The first-order chi connectivity index (χ1) is 63.4. The Morgan fingerprint density at radius 3 is 0.759 bits per heavy atom. The van der Waals surface area contributed by atoms with Gasteiger partial charge in [-0.25, -0.2) is 0 Å². The molecule has 0 saturated carbocycles. The summed E-state index contributed by atoms with van der Waals surface area (Å²) in [6.07, 6.45) is 0. The second-order valence-electron chi connectivity index (χ2n) is 46.0. The number of rotatable bonds is 9. The van der Waals surface area contributed by atoms with Crippen molar-refractivity contribution in [2.75, 3.05) is 9.80 Å².